The summed E-state index contributed by atoms with van der Waals surface area (Å²) in [5, 5.41) is 16.9. The van der Waals surface area contributed by atoms with Crippen LogP contribution in [-0.4, -0.2) is 44.9 Å². The predicted molar refractivity (Wildman–Crippen MR) is 113 cm³/mol. The zero-order valence-corrected chi connectivity index (χ0v) is 17.5. The molecule has 0 heterocycles. The van der Waals surface area contributed by atoms with E-state index in [4.69, 9.17) is 9.47 Å². The van der Waals surface area contributed by atoms with Gasteiger partial charge in [-0.25, -0.2) is 4.39 Å². The van der Waals surface area contributed by atoms with Crippen molar-refractivity contribution < 1.29 is 19.0 Å². The van der Waals surface area contributed by atoms with Gasteiger partial charge in [0.05, 0.1) is 26.9 Å². The van der Waals surface area contributed by atoms with Crippen LogP contribution >= 0.6 is 0 Å². The molecule has 3 N–H and O–H groups in total. The Labute approximate surface area is 171 Å². The molecular weight excluding hydrogens is 373 g/mol. The molecule has 0 bridgehead atoms. The van der Waals surface area contributed by atoms with Crippen molar-refractivity contribution in [2.75, 3.05) is 33.9 Å². The standard InChI is InChI=1S/C22H30FN3O3/c1-5-24-22(25-11-10-16-6-8-18(23)12-15(16)2)26-14-19(27)17-7-9-20(28-3)21(13-17)29-4/h6-9,12-13,19,27H,5,10-11,14H2,1-4H3,(H2,24,25,26). The number of hydrogen-bond acceptors (Lipinski definition) is 4. The number of methoxy groups -OCH3 is 2. The molecule has 2 aromatic rings. The summed E-state index contributed by atoms with van der Waals surface area (Å²) in [6, 6.07) is 10.1. The van der Waals surface area contributed by atoms with E-state index < -0.39 is 6.10 Å². The van der Waals surface area contributed by atoms with Gasteiger partial charge in [-0.2, -0.15) is 0 Å². The lowest BCUT2D eigenvalue weighted by atomic mass is 10.1. The van der Waals surface area contributed by atoms with E-state index in [0.717, 1.165) is 17.5 Å². The fourth-order valence-corrected chi connectivity index (χ4v) is 2.94. The number of aliphatic hydroxyl groups excluding tert-OH is 1. The van der Waals surface area contributed by atoms with Crippen LogP contribution < -0.4 is 20.1 Å². The highest BCUT2D eigenvalue weighted by Crippen LogP contribution is 2.30. The molecular formula is C22H30FN3O3. The first kappa shape index (κ1) is 22.5. The van der Waals surface area contributed by atoms with Gasteiger partial charge < -0.3 is 25.2 Å². The van der Waals surface area contributed by atoms with Crippen LogP contribution in [0.25, 0.3) is 0 Å². The van der Waals surface area contributed by atoms with Gasteiger partial charge in [-0.1, -0.05) is 12.1 Å². The van der Waals surface area contributed by atoms with E-state index in [1.54, 1.807) is 38.5 Å². The number of aryl methyl sites for hydroxylation is 1. The number of nitrogens with zero attached hydrogens (tertiary/aromatic N) is 1. The lowest BCUT2D eigenvalue weighted by Crippen LogP contribution is -2.38. The first-order chi connectivity index (χ1) is 14.0. The Balaban J connectivity index is 1.97. The molecule has 0 saturated carbocycles. The molecule has 0 aliphatic heterocycles. The molecule has 158 valence electrons. The van der Waals surface area contributed by atoms with Crippen LogP contribution in [0, 0.1) is 12.7 Å². The second-order valence-electron chi connectivity index (χ2n) is 6.60. The summed E-state index contributed by atoms with van der Waals surface area (Å²) in [4.78, 5) is 4.47. The summed E-state index contributed by atoms with van der Waals surface area (Å²) in [6.45, 7) is 5.42. The Morgan fingerprint density at radius 1 is 1.10 bits per heavy atom. The van der Waals surface area contributed by atoms with E-state index in [2.05, 4.69) is 15.6 Å². The molecule has 29 heavy (non-hydrogen) atoms. The molecule has 2 aromatic carbocycles. The van der Waals surface area contributed by atoms with Crippen molar-refractivity contribution in [3.63, 3.8) is 0 Å². The summed E-state index contributed by atoms with van der Waals surface area (Å²) < 4.78 is 23.7. The van der Waals surface area contributed by atoms with E-state index in [-0.39, 0.29) is 12.4 Å². The Kier molecular flexibility index (Phi) is 8.73. The van der Waals surface area contributed by atoms with Gasteiger partial charge in [-0.15, -0.1) is 0 Å². The van der Waals surface area contributed by atoms with E-state index in [9.17, 15) is 9.50 Å². The number of halogens is 1. The molecule has 0 spiro atoms. The largest absolute Gasteiger partial charge is 0.493 e. The predicted octanol–water partition coefficient (Wildman–Crippen LogP) is 2.98. The first-order valence-electron chi connectivity index (χ1n) is 9.65. The lowest BCUT2D eigenvalue weighted by Gasteiger charge is -2.15. The van der Waals surface area contributed by atoms with E-state index in [0.29, 0.717) is 36.1 Å². The van der Waals surface area contributed by atoms with Crippen LogP contribution in [0.15, 0.2) is 41.4 Å². The number of rotatable bonds is 9. The molecule has 1 unspecified atom stereocenters. The van der Waals surface area contributed by atoms with Crippen LogP contribution in [0.3, 0.4) is 0 Å². The quantitative estimate of drug-likeness (QED) is 0.443. The highest BCUT2D eigenvalue weighted by molar-refractivity contribution is 5.79. The third-order valence-corrected chi connectivity index (χ3v) is 4.55. The first-order valence-corrected chi connectivity index (χ1v) is 9.65. The molecule has 7 heteroatoms. The number of nitrogens with one attached hydrogen (secondary N) is 2. The molecule has 0 aliphatic rings. The maximum absolute atomic E-state index is 13.2. The molecule has 6 nitrogen and oxygen atoms in total. The van der Waals surface area contributed by atoms with E-state index >= 15 is 0 Å². The highest BCUT2D eigenvalue weighted by Gasteiger charge is 2.12. The smallest absolute Gasteiger partial charge is 0.191 e. The van der Waals surface area contributed by atoms with Crippen molar-refractivity contribution in [3.05, 3.63) is 58.9 Å². The molecule has 0 amide bonds. The maximum Gasteiger partial charge on any atom is 0.191 e. The van der Waals surface area contributed by atoms with Gasteiger partial charge in [0.2, 0.25) is 0 Å². The zero-order valence-electron chi connectivity index (χ0n) is 17.5. The molecule has 2 rings (SSSR count). The van der Waals surface area contributed by atoms with Gasteiger partial charge in [-0.05, 0) is 61.2 Å². The van der Waals surface area contributed by atoms with Crippen LogP contribution in [0.4, 0.5) is 4.39 Å². The Hall–Kier alpha value is -2.80. The van der Waals surface area contributed by atoms with Gasteiger partial charge in [0, 0.05) is 13.1 Å². The molecule has 0 fully saturated rings. The van der Waals surface area contributed by atoms with Crippen LogP contribution in [0.5, 0.6) is 11.5 Å². The number of hydrogen-bond donors (Lipinski definition) is 3. The van der Waals surface area contributed by atoms with Crippen LogP contribution in [0.1, 0.15) is 29.7 Å². The van der Waals surface area contributed by atoms with Crippen molar-refractivity contribution in [1.82, 2.24) is 10.6 Å². The number of ether oxygens (including phenoxy) is 2. The third kappa shape index (κ3) is 6.64. The SMILES string of the molecule is CCNC(=NCC(O)c1ccc(OC)c(OC)c1)NCCc1ccc(F)cc1C. The van der Waals surface area contributed by atoms with Crippen LogP contribution in [-0.2, 0) is 6.42 Å². The van der Waals surface area contributed by atoms with Gasteiger partial charge in [0.1, 0.15) is 5.82 Å². The summed E-state index contributed by atoms with van der Waals surface area (Å²) >= 11 is 0. The minimum atomic E-state index is -0.774. The van der Waals surface area contributed by atoms with Gasteiger partial charge in [0.25, 0.3) is 0 Å². The zero-order chi connectivity index (χ0) is 21.2. The van der Waals surface area contributed by atoms with E-state index in [1.165, 1.54) is 12.1 Å². The molecule has 1 atom stereocenters. The van der Waals surface area contributed by atoms with Gasteiger partial charge in [-0.3, -0.25) is 4.99 Å². The summed E-state index contributed by atoms with van der Waals surface area (Å²) in [5.74, 6) is 1.57. The molecule has 0 saturated heterocycles. The number of aliphatic hydroxyl groups is 1. The number of aliphatic imine (C=N–C) groups is 1. The summed E-state index contributed by atoms with van der Waals surface area (Å²) in [7, 11) is 3.13. The lowest BCUT2D eigenvalue weighted by molar-refractivity contribution is 0.186. The summed E-state index contributed by atoms with van der Waals surface area (Å²) in [6.07, 6.45) is -0.0287. The van der Waals surface area contributed by atoms with E-state index in [1.807, 2.05) is 13.8 Å². The van der Waals surface area contributed by atoms with Crippen molar-refractivity contribution in [1.29, 1.82) is 0 Å². The van der Waals surface area contributed by atoms with Crippen LogP contribution in [0.2, 0.25) is 0 Å². The number of guanidine groups is 1. The number of benzene rings is 2. The summed E-state index contributed by atoms with van der Waals surface area (Å²) in [5.41, 5.74) is 2.71. The van der Waals surface area contributed by atoms with Crippen molar-refractivity contribution in [2.24, 2.45) is 4.99 Å². The molecule has 0 aromatic heterocycles. The van der Waals surface area contributed by atoms with Crippen molar-refractivity contribution in [3.8, 4) is 11.5 Å². The second-order valence-corrected chi connectivity index (χ2v) is 6.60. The Morgan fingerprint density at radius 3 is 2.52 bits per heavy atom. The third-order valence-electron chi connectivity index (χ3n) is 4.55. The van der Waals surface area contributed by atoms with Gasteiger partial charge in [0.15, 0.2) is 17.5 Å². The topological polar surface area (TPSA) is 75.1 Å². The molecule has 0 radical (unpaired) electrons. The van der Waals surface area contributed by atoms with Gasteiger partial charge >= 0.3 is 0 Å². The monoisotopic (exact) mass is 403 g/mol. The Bertz CT molecular complexity index is 827. The fraction of sp³-hybridized carbons (Fsp3) is 0.409. The normalized spacial score (nSPS) is 12.4. The minimum Gasteiger partial charge on any atom is -0.493 e. The second kappa shape index (κ2) is 11.3. The average molecular weight is 403 g/mol. The van der Waals surface area contributed by atoms with Crippen molar-refractivity contribution in [2.45, 2.75) is 26.4 Å². The Morgan fingerprint density at radius 2 is 1.86 bits per heavy atom. The fourth-order valence-electron chi connectivity index (χ4n) is 2.94. The maximum atomic E-state index is 13.2. The van der Waals surface area contributed by atoms with Crippen molar-refractivity contribution >= 4 is 5.96 Å². The molecule has 0 aliphatic carbocycles. The average Bonchev–Trinajstić information content (AvgIpc) is 2.72. The highest BCUT2D eigenvalue weighted by atomic mass is 19.1. The minimum absolute atomic E-state index is 0.195.